The highest BCUT2D eigenvalue weighted by Crippen LogP contribution is 2.38. The molecule has 0 atom stereocenters. The maximum atomic E-state index is 13.2. The smallest absolute Gasteiger partial charge is 0.123 e. The van der Waals surface area contributed by atoms with Crippen LogP contribution in [0, 0.1) is 11.7 Å². The minimum absolute atomic E-state index is 0.173. The summed E-state index contributed by atoms with van der Waals surface area (Å²) < 4.78 is 13.2. The SMILES string of the molecule is C=C(Nc1ccc(C(=C)N2CCN(Cc3ccc(F)cc3)CC2)c(N2CCCCCC2)c1)C1CC1. The molecule has 5 rings (SSSR count). The van der Waals surface area contributed by atoms with Crippen molar-refractivity contribution >= 4 is 17.1 Å². The van der Waals surface area contributed by atoms with Crippen molar-refractivity contribution in [2.75, 3.05) is 49.5 Å². The summed E-state index contributed by atoms with van der Waals surface area (Å²) in [5.41, 5.74) is 7.13. The Labute approximate surface area is 210 Å². The van der Waals surface area contributed by atoms with Gasteiger partial charge in [0.15, 0.2) is 0 Å². The van der Waals surface area contributed by atoms with Gasteiger partial charge in [-0.15, -0.1) is 0 Å². The molecule has 0 radical (unpaired) electrons. The lowest BCUT2D eigenvalue weighted by atomic mass is 10.1. The van der Waals surface area contributed by atoms with E-state index in [0.29, 0.717) is 5.92 Å². The number of hydrogen-bond donors (Lipinski definition) is 1. The highest BCUT2D eigenvalue weighted by atomic mass is 19.1. The third-order valence-electron chi connectivity index (χ3n) is 7.70. The van der Waals surface area contributed by atoms with Crippen LogP contribution in [-0.4, -0.2) is 49.1 Å². The molecule has 5 heteroatoms. The van der Waals surface area contributed by atoms with Crippen molar-refractivity contribution in [2.45, 2.75) is 45.1 Å². The Morgan fingerprint density at radius 2 is 1.54 bits per heavy atom. The van der Waals surface area contributed by atoms with Gasteiger partial charge in [0.2, 0.25) is 0 Å². The molecule has 0 unspecified atom stereocenters. The number of anilines is 2. The first-order valence-electron chi connectivity index (χ1n) is 13.3. The van der Waals surface area contributed by atoms with Gasteiger partial charge in [0.05, 0.1) is 0 Å². The van der Waals surface area contributed by atoms with Gasteiger partial charge >= 0.3 is 0 Å². The molecule has 2 saturated heterocycles. The number of nitrogens with zero attached hydrogens (tertiary/aromatic N) is 3. The summed E-state index contributed by atoms with van der Waals surface area (Å²) in [5, 5.41) is 3.58. The summed E-state index contributed by atoms with van der Waals surface area (Å²) in [6, 6.07) is 13.7. The third kappa shape index (κ3) is 6.07. The van der Waals surface area contributed by atoms with Crippen molar-refractivity contribution in [3.63, 3.8) is 0 Å². The van der Waals surface area contributed by atoms with Crippen molar-refractivity contribution in [3.8, 4) is 0 Å². The lowest BCUT2D eigenvalue weighted by Gasteiger charge is -2.38. The molecular formula is C30H39FN4. The van der Waals surface area contributed by atoms with E-state index >= 15 is 0 Å². The predicted molar refractivity (Wildman–Crippen MR) is 145 cm³/mol. The number of allylic oxidation sites excluding steroid dienone is 1. The second kappa shape index (κ2) is 10.9. The van der Waals surface area contributed by atoms with Gasteiger partial charge in [0, 0.05) is 74.1 Å². The molecule has 3 aliphatic rings. The predicted octanol–water partition coefficient (Wildman–Crippen LogP) is 6.33. The summed E-state index contributed by atoms with van der Waals surface area (Å²) >= 11 is 0. The van der Waals surface area contributed by atoms with Crippen LogP contribution in [0.2, 0.25) is 0 Å². The van der Waals surface area contributed by atoms with Crippen LogP contribution in [0.3, 0.4) is 0 Å². The molecule has 2 aliphatic heterocycles. The number of hydrogen-bond acceptors (Lipinski definition) is 4. The van der Waals surface area contributed by atoms with Gasteiger partial charge in [-0.2, -0.15) is 0 Å². The van der Waals surface area contributed by atoms with Crippen molar-refractivity contribution in [2.24, 2.45) is 5.92 Å². The molecule has 0 aromatic heterocycles. The van der Waals surface area contributed by atoms with E-state index in [4.69, 9.17) is 0 Å². The van der Waals surface area contributed by atoms with E-state index in [9.17, 15) is 4.39 Å². The summed E-state index contributed by atoms with van der Waals surface area (Å²) in [5.74, 6) is 0.464. The fourth-order valence-corrected chi connectivity index (χ4v) is 5.34. The zero-order valence-corrected chi connectivity index (χ0v) is 20.9. The minimum atomic E-state index is -0.173. The van der Waals surface area contributed by atoms with Crippen molar-refractivity contribution in [1.82, 2.24) is 9.80 Å². The molecule has 0 amide bonds. The Balaban J connectivity index is 1.28. The van der Waals surface area contributed by atoms with E-state index in [1.807, 2.05) is 12.1 Å². The van der Waals surface area contributed by atoms with Gasteiger partial charge in [0.25, 0.3) is 0 Å². The van der Waals surface area contributed by atoms with Crippen LogP contribution in [0.1, 0.15) is 49.7 Å². The zero-order valence-electron chi connectivity index (χ0n) is 20.9. The van der Waals surface area contributed by atoms with E-state index < -0.39 is 0 Å². The molecule has 2 aromatic carbocycles. The second-order valence-electron chi connectivity index (χ2n) is 10.4. The second-order valence-corrected chi connectivity index (χ2v) is 10.4. The maximum Gasteiger partial charge on any atom is 0.123 e. The number of benzene rings is 2. The van der Waals surface area contributed by atoms with Crippen LogP contribution in [0.25, 0.3) is 5.70 Å². The Bertz CT molecular complexity index is 1030. The first kappa shape index (κ1) is 23.9. The van der Waals surface area contributed by atoms with Crippen LogP contribution in [0.4, 0.5) is 15.8 Å². The third-order valence-corrected chi connectivity index (χ3v) is 7.70. The number of halogens is 1. The number of rotatable bonds is 8. The number of nitrogens with one attached hydrogen (secondary N) is 1. The lowest BCUT2D eigenvalue weighted by Crippen LogP contribution is -2.44. The average Bonchev–Trinajstić information content (AvgIpc) is 3.73. The molecule has 1 aliphatic carbocycles. The molecule has 35 heavy (non-hydrogen) atoms. The average molecular weight is 475 g/mol. The van der Waals surface area contributed by atoms with Crippen LogP contribution < -0.4 is 10.2 Å². The molecule has 3 fully saturated rings. The molecule has 4 nitrogen and oxygen atoms in total. The van der Waals surface area contributed by atoms with Gasteiger partial charge in [-0.3, -0.25) is 4.90 Å². The molecule has 2 aromatic rings. The van der Waals surface area contributed by atoms with Gasteiger partial charge in [-0.05, 0) is 67.5 Å². The van der Waals surface area contributed by atoms with Gasteiger partial charge in [-0.1, -0.05) is 38.1 Å². The van der Waals surface area contributed by atoms with E-state index in [1.165, 1.54) is 49.8 Å². The van der Waals surface area contributed by atoms with Gasteiger partial charge < -0.3 is 15.1 Å². The fourth-order valence-electron chi connectivity index (χ4n) is 5.34. The topological polar surface area (TPSA) is 21.8 Å². The normalized spacial score (nSPS) is 19.3. The first-order chi connectivity index (χ1) is 17.1. The van der Waals surface area contributed by atoms with Crippen LogP contribution >= 0.6 is 0 Å². The molecule has 0 spiro atoms. The van der Waals surface area contributed by atoms with Crippen LogP contribution in [-0.2, 0) is 6.54 Å². The van der Waals surface area contributed by atoms with E-state index in [-0.39, 0.29) is 5.82 Å². The summed E-state index contributed by atoms with van der Waals surface area (Å²) in [6.45, 7) is 15.8. The monoisotopic (exact) mass is 474 g/mol. The summed E-state index contributed by atoms with van der Waals surface area (Å²) in [7, 11) is 0. The van der Waals surface area contributed by atoms with E-state index in [2.05, 4.69) is 51.4 Å². The fraction of sp³-hybridized carbons (Fsp3) is 0.467. The molecule has 0 bridgehead atoms. The van der Waals surface area contributed by atoms with Crippen molar-refractivity contribution in [1.29, 1.82) is 0 Å². The Hall–Kier alpha value is -2.79. The molecule has 2 heterocycles. The van der Waals surface area contributed by atoms with Crippen molar-refractivity contribution < 1.29 is 4.39 Å². The van der Waals surface area contributed by atoms with Crippen LogP contribution in [0.5, 0.6) is 0 Å². The first-order valence-corrected chi connectivity index (χ1v) is 13.3. The molecular weight excluding hydrogens is 435 g/mol. The minimum Gasteiger partial charge on any atom is -0.371 e. The van der Waals surface area contributed by atoms with E-state index in [0.717, 1.165) is 68.5 Å². The number of piperazine rings is 1. The molecule has 1 saturated carbocycles. The van der Waals surface area contributed by atoms with E-state index in [1.54, 1.807) is 12.1 Å². The summed E-state index contributed by atoms with van der Waals surface area (Å²) in [6.07, 6.45) is 7.65. The van der Waals surface area contributed by atoms with Gasteiger partial charge in [0.1, 0.15) is 5.82 Å². The largest absolute Gasteiger partial charge is 0.371 e. The molecule has 1 N–H and O–H groups in total. The molecule has 186 valence electrons. The summed E-state index contributed by atoms with van der Waals surface area (Å²) in [4.78, 5) is 7.46. The highest BCUT2D eigenvalue weighted by Gasteiger charge is 2.26. The van der Waals surface area contributed by atoms with Crippen molar-refractivity contribution in [3.05, 3.63) is 78.3 Å². The Kier molecular flexibility index (Phi) is 7.43. The maximum absolute atomic E-state index is 13.2. The quantitative estimate of drug-likeness (QED) is 0.483. The highest BCUT2D eigenvalue weighted by molar-refractivity contribution is 5.78. The standard InChI is InChI=1S/C30H39FN4/c1-23(26-9-10-26)32-28-13-14-29(30(21-28)35-15-5-3-4-6-16-35)24(2)34-19-17-33(18-20-34)22-25-7-11-27(31)12-8-25/h7-8,11-14,21,26,32H,1-6,9-10,15-20,22H2. The van der Waals surface area contributed by atoms with Gasteiger partial charge in [-0.25, -0.2) is 4.39 Å². The Morgan fingerprint density at radius 3 is 2.20 bits per heavy atom. The Morgan fingerprint density at radius 1 is 0.857 bits per heavy atom. The van der Waals surface area contributed by atoms with Crippen LogP contribution in [0.15, 0.2) is 61.3 Å². The lowest BCUT2D eigenvalue weighted by molar-refractivity contribution is 0.169. The zero-order chi connectivity index (χ0) is 24.2.